The van der Waals surface area contributed by atoms with Crippen molar-refractivity contribution in [2.45, 2.75) is 43.5 Å². The number of fused-ring (bicyclic) bond motifs is 2. The number of aromatic nitrogens is 2. The van der Waals surface area contributed by atoms with Gasteiger partial charge in [-0.3, -0.25) is 29.5 Å². The number of nitrogens with one attached hydrogen (secondary N) is 3. The van der Waals surface area contributed by atoms with Crippen LogP contribution in [-0.2, 0) is 21.2 Å². The smallest absolute Gasteiger partial charge is 0.293 e. The molecule has 0 radical (unpaired) electrons. The van der Waals surface area contributed by atoms with E-state index in [2.05, 4.69) is 68.8 Å². The number of benzene rings is 3. The van der Waals surface area contributed by atoms with E-state index in [-0.39, 0.29) is 22.9 Å². The molecular weight excluding hydrogens is 866 g/mol. The monoisotopic (exact) mass is 913 g/mol. The van der Waals surface area contributed by atoms with E-state index in [1.807, 2.05) is 6.07 Å². The van der Waals surface area contributed by atoms with Crippen molar-refractivity contribution in [3.05, 3.63) is 110 Å². The SMILES string of the molecule is CC(=O)N1CCN(CCNc2ccc(S(=O)(=O)NC(=O)c3ccc(N4CCN([C@@H]5CCCCc6c(Br)cccc65)CC4)cc3Oc3cnc4[nH]ccc4c3)cc2[N+](=O)[O-])CC1. The minimum atomic E-state index is -4.58. The summed E-state index contributed by atoms with van der Waals surface area (Å²) < 4.78 is 37.0. The highest BCUT2D eigenvalue weighted by molar-refractivity contribution is 9.10. The molecule has 0 spiro atoms. The lowest BCUT2D eigenvalue weighted by Crippen LogP contribution is -2.49. The number of nitro benzene ring substituents is 1. The normalized spacial score (nSPS) is 17.7. The third-order valence-corrected chi connectivity index (χ3v) is 13.9. The molecule has 2 aromatic heterocycles. The summed E-state index contributed by atoms with van der Waals surface area (Å²) in [6.45, 7) is 8.19. The molecule has 3 aromatic carbocycles. The Bertz CT molecular complexity index is 2550. The molecule has 2 amide bonds. The van der Waals surface area contributed by atoms with Crippen LogP contribution >= 0.6 is 15.9 Å². The van der Waals surface area contributed by atoms with Gasteiger partial charge in [0.05, 0.1) is 21.6 Å². The largest absolute Gasteiger partial charge is 0.455 e. The Hall–Kier alpha value is -5.56. The van der Waals surface area contributed by atoms with Gasteiger partial charge in [0.2, 0.25) is 5.91 Å². The summed E-state index contributed by atoms with van der Waals surface area (Å²) >= 11 is 3.78. The number of sulfonamides is 1. The molecule has 0 unspecified atom stereocenters. The van der Waals surface area contributed by atoms with Crippen molar-refractivity contribution in [2.75, 3.05) is 75.7 Å². The first-order valence-electron chi connectivity index (χ1n) is 20.5. The number of rotatable bonds is 12. The number of anilines is 2. The lowest BCUT2D eigenvalue weighted by molar-refractivity contribution is -0.384. The second kappa shape index (κ2) is 18.2. The molecule has 0 bridgehead atoms. The lowest BCUT2D eigenvalue weighted by atomic mass is 9.97. The summed E-state index contributed by atoms with van der Waals surface area (Å²) in [4.78, 5) is 52.8. The fourth-order valence-corrected chi connectivity index (χ4v) is 10.1. The van der Waals surface area contributed by atoms with Crippen LogP contribution in [0.4, 0.5) is 17.1 Å². The van der Waals surface area contributed by atoms with Crippen LogP contribution in [-0.4, -0.2) is 115 Å². The average molecular weight is 915 g/mol. The highest BCUT2D eigenvalue weighted by atomic mass is 79.9. The van der Waals surface area contributed by atoms with Crippen molar-refractivity contribution < 1.29 is 27.7 Å². The Morgan fingerprint density at radius 2 is 1.79 bits per heavy atom. The molecule has 2 fully saturated rings. The molecule has 0 saturated carbocycles. The highest BCUT2D eigenvalue weighted by Gasteiger charge is 2.30. The molecule has 5 aromatic rings. The molecule has 3 N–H and O–H groups in total. The van der Waals surface area contributed by atoms with Gasteiger partial charge in [-0.1, -0.05) is 34.5 Å². The molecule has 1 aliphatic carbocycles. The van der Waals surface area contributed by atoms with Crippen LogP contribution in [0.3, 0.4) is 0 Å². The Morgan fingerprint density at radius 3 is 2.56 bits per heavy atom. The van der Waals surface area contributed by atoms with Gasteiger partial charge in [0.1, 0.15) is 22.8 Å². The fraction of sp³-hybridized carbons (Fsp3) is 0.372. The number of hydrogen-bond donors (Lipinski definition) is 3. The minimum Gasteiger partial charge on any atom is -0.455 e. The summed E-state index contributed by atoms with van der Waals surface area (Å²) in [5.74, 6) is -0.462. The molecule has 3 aliphatic rings. The Morgan fingerprint density at radius 1 is 0.984 bits per heavy atom. The third kappa shape index (κ3) is 9.51. The van der Waals surface area contributed by atoms with Gasteiger partial charge in [-0.2, -0.15) is 0 Å². The van der Waals surface area contributed by atoms with Crippen molar-refractivity contribution in [3.8, 4) is 11.5 Å². The highest BCUT2D eigenvalue weighted by Crippen LogP contribution is 2.38. The number of ether oxygens (including phenoxy) is 1. The van der Waals surface area contributed by atoms with Crippen LogP contribution in [0.5, 0.6) is 11.5 Å². The zero-order valence-electron chi connectivity index (χ0n) is 33.8. The van der Waals surface area contributed by atoms with E-state index < -0.39 is 31.4 Å². The summed E-state index contributed by atoms with van der Waals surface area (Å²) in [5.41, 5.74) is 3.91. The van der Waals surface area contributed by atoms with Gasteiger partial charge in [0.25, 0.3) is 21.6 Å². The molecule has 2 saturated heterocycles. The Balaban J connectivity index is 0.985. The number of halogens is 1. The quantitative estimate of drug-likeness (QED) is 0.0721. The first kappa shape index (κ1) is 42.1. The van der Waals surface area contributed by atoms with Crippen LogP contribution in [0, 0.1) is 10.1 Å². The van der Waals surface area contributed by atoms with Crippen molar-refractivity contribution in [3.63, 3.8) is 0 Å². The molecular formula is C43H48BrN9O7S. The number of nitrogens with zero attached hydrogens (tertiary/aromatic N) is 6. The van der Waals surface area contributed by atoms with E-state index in [1.165, 1.54) is 40.4 Å². The van der Waals surface area contributed by atoms with Crippen LogP contribution < -0.4 is 19.7 Å². The number of hydrogen-bond acceptors (Lipinski definition) is 12. The van der Waals surface area contributed by atoms with E-state index in [4.69, 9.17) is 4.74 Å². The van der Waals surface area contributed by atoms with Crippen molar-refractivity contribution in [1.29, 1.82) is 0 Å². The second-order valence-electron chi connectivity index (χ2n) is 15.6. The molecule has 8 rings (SSSR count). The predicted molar refractivity (Wildman–Crippen MR) is 236 cm³/mol. The van der Waals surface area contributed by atoms with Crippen LogP contribution in [0.15, 0.2) is 88.5 Å². The molecule has 4 heterocycles. The number of amides is 2. The molecule has 1 atom stereocenters. The van der Waals surface area contributed by atoms with Crippen molar-refractivity contribution in [1.82, 2.24) is 29.4 Å². The van der Waals surface area contributed by atoms with Crippen LogP contribution in [0.2, 0.25) is 0 Å². The predicted octanol–water partition coefficient (Wildman–Crippen LogP) is 6.31. The summed E-state index contributed by atoms with van der Waals surface area (Å²) in [6, 6.07) is 19.0. The van der Waals surface area contributed by atoms with E-state index in [0.29, 0.717) is 56.7 Å². The van der Waals surface area contributed by atoms with Gasteiger partial charge in [0, 0.05) is 112 Å². The van der Waals surface area contributed by atoms with Gasteiger partial charge < -0.3 is 24.8 Å². The standard InChI is InChI=1S/C43H48BrN9O7S/c1-29(54)50-19-17-49(18-20-50)16-15-45-38-12-10-33(27-40(38)53(56)57)61(58,59)48-43(55)36-11-9-31(26-41(36)60-32-25-30-13-14-46-42(30)47-28-32)51-21-23-52(24-22-51)39-8-3-2-5-34-35(39)6-4-7-37(34)44/h4,6-7,9-14,25-28,39,45H,2-3,5,8,15-24H2,1H3,(H,46,47)(H,48,55)/t39-/m1/s1. The van der Waals surface area contributed by atoms with Crippen LogP contribution in [0.25, 0.3) is 11.0 Å². The maximum Gasteiger partial charge on any atom is 0.293 e. The minimum absolute atomic E-state index is 0.0278. The Labute approximate surface area is 362 Å². The zero-order chi connectivity index (χ0) is 42.7. The first-order valence-corrected chi connectivity index (χ1v) is 22.8. The number of nitro groups is 1. The number of piperazine rings is 2. The van der Waals surface area contributed by atoms with E-state index in [0.717, 1.165) is 62.6 Å². The van der Waals surface area contributed by atoms with Gasteiger partial charge >= 0.3 is 0 Å². The molecule has 16 nitrogen and oxygen atoms in total. The topological polar surface area (TPSA) is 186 Å². The number of carbonyl (C=O) groups is 2. The second-order valence-corrected chi connectivity index (χ2v) is 18.1. The van der Waals surface area contributed by atoms with E-state index in [1.54, 1.807) is 42.3 Å². The maximum atomic E-state index is 13.9. The van der Waals surface area contributed by atoms with Crippen molar-refractivity contribution >= 4 is 65.9 Å². The number of pyridine rings is 1. The molecule has 320 valence electrons. The van der Waals surface area contributed by atoms with Gasteiger partial charge in [-0.05, 0) is 72.9 Å². The van der Waals surface area contributed by atoms with Crippen molar-refractivity contribution in [2.24, 2.45) is 0 Å². The summed E-state index contributed by atoms with van der Waals surface area (Å²) in [5, 5.41) is 16.0. The van der Waals surface area contributed by atoms with Gasteiger partial charge in [-0.25, -0.2) is 18.1 Å². The van der Waals surface area contributed by atoms with Crippen LogP contribution in [0.1, 0.15) is 53.7 Å². The number of carbonyl (C=O) groups excluding carboxylic acids is 2. The van der Waals surface area contributed by atoms with Gasteiger partial charge in [-0.15, -0.1) is 0 Å². The first-order chi connectivity index (χ1) is 29.4. The maximum absolute atomic E-state index is 13.9. The molecule has 2 aliphatic heterocycles. The third-order valence-electron chi connectivity index (χ3n) is 11.9. The average Bonchev–Trinajstić information content (AvgIpc) is 3.61. The summed E-state index contributed by atoms with van der Waals surface area (Å²) in [6.07, 6.45) is 7.78. The lowest BCUT2D eigenvalue weighted by Gasteiger charge is -2.40. The molecule has 18 heteroatoms. The van der Waals surface area contributed by atoms with E-state index >= 15 is 0 Å². The summed E-state index contributed by atoms with van der Waals surface area (Å²) in [7, 11) is -4.58. The van der Waals surface area contributed by atoms with E-state index in [9.17, 15) is 28.1 Å². The number of aromatic amines is 1. The van der Waals surface area contributed by atoms with Gasteiger partial charge in [0.15, 0.2) is 0 Å². The Kier molecular flexibility index (Phi) is 12.6. The number of H-pyrrole nitrogens is 1. The molecule has 61 heavy (non-hydrogen) atoms. The fourth-order valence-electron chi connectivity index (χ4n) is 8.55. The zero-order valence-corrected chi connectivity index (χ0v) is 36.2.